The molecule has 11 heteroatoms. The smallest absolute Gasteiger partial charge is 0.273 e. The molecule has 2 aliphatic heterocycles. The van der Waals surface area contributed by atoms with E-state index >= 15 is 0 Å². The number of anilines is 3. The van der Waals surface area contributed by atoms with Crippen LogP contribution in [0.3, 0.4) is 0 Å². The van der Waals surface area contributed by atoms with Crippen molar-refractivity contribution in [3.8, 4) is 0 Å². The average Bonchev–Trinajstić information content (AvgIpc) is 3.73. The lowest BCUT2D eigenvalue weighted by atomic mass is 9.85. The van der Waals surface area contributed by atoms with Crippen molar-refractivity contribution in [2.45, 2.75) is 69.9 Å². The Kier molecular flexibility index (Phi) is 7.46. The zero-order chi connectivity index (χ0) is 27.6. The number of hydrogen-bond acceptors (Lipinski definition) is 9. The minimum Gasteiger partial charge on any atom is -0.381 e. The van der Waals surface area contributed by atoms with E-state index in [4.69, 9.17) is 10.5 Å². The molecule has 40 heavy (non-hydrogen) atoms. The zero-order valence-electron chi connectivity index (χ0n) is 22.8. The molecule has 210 valence electrons. The molecule has 4 heterocycles. The molecule has 3 aliphatic rings. The van der Waals surface area contributed by atoms with Crippen molar-refractivity contribution in [2.24, 2.45) is 11.7 Å². The first-order chi connectivity index (χ1) is 19.5. The van der Waals surface area contributed by atoms with Gasteiger partial charge >= 0.3 is 0 Å². The van der Waals surface area contributed by atoms with Gasteiger partial charge < -0.3 is 20.7 Å². The molecular weight excluding hydrogens is 508 g/mol. The van der Waals surface area contributed by atoms with Crippen molar-refractivity contribution < 1.29 is 14.3 Å². The maximum Gasteiger partial charge on any atom is 0.273 e. The number of carbonyl (C=O) groups is 2. The Labute approximate surface area is 233 Å². The van der Waals surface area contributed by atoms with Crippen molar-refractivity contribution in [1.82, 2.24) is 25.0 Å². The fourth-order valence-electron chi connectivity index (χ4n) is 5.87. The number of nitrogens with one attached hydrogen (secondary N) is 1. The molecule has 3 aromatic rings. The highest BCUT2D eigenvalue weighted by Crippen LogP contribution is 2.40. The van der Waals surface area contributed by atoms with E-state index in [1.807, 2.05) is 23.0 Å². The number of carbonyl (C=O) groups excluding carboxylic acids is 2. The summed E-state index contributed by atoms with van der Waals surface area (Å²) in [4.78, 5) is 32.1. The number of nitrogens with zero attached hydrogens (tertiary/aromatic N) is 6. The summed E-state index contributed by atoms with van der Waals surface area (Å²) in [6.45, 7) is 4.27. The minimum atomic E-state index is -0.714. The van der Waals surface area contributed by atoms with Gasteiger partial charge in [-0.05, 0) is 62.8 Å². The van der Waals surface area contributed by atoms with E-state index in [0.29, 0.717) is 37.2 Å². The predicted octanol–water partition coefficient (Wildman–Crippen LogP) is 4.02. The number of benzene rings is 1. The van der Waals surface area contributed by atoms with E-state index in [2.05, 4.69) is 49.6 Å². The van der Waals surface area contributed by atoms with Gasteiger partial charge in [-0.2, -0.15) is 10.1 Å². The second-order valence-electron chi connectivity index (χ2n) is 11.2. The standard InChI is InChI=1S/C29H36N8O3/c1-18-22(15-25(38)21-8-6-20(7-9-21)19-4-5-19)3-2-12-36(18)29-33-28(26(27(30)39)34-35-29)32-23-16-31-37(17-23)24-10-13-40-14-11-24/h6-9,16-19,22,24H,2-5,10-15H2,1H3,(H2,30,39)(H,32,33,35)/t18-,22+/m1/s1. The SMILES string of the molecule is C[C@@H]1[C@H](CC(=O)c2ccc(C3CC3)cc2)CCCN1c1nnc(C(N)=O)c(Nc2cnn(C3CCOCC3)c2)n1. The molecular formula is C29H36N8O3. The maximum absolute atomic E-state index is 13.2. The number of ether oxygens (including phenoxy) is 1. The molecule has 0 radical (unpaired) electrons. The Bertz CT molecular complexity index is 1360. The molecule has 0 unspecified atom stereocenters. The lowest BCUT2D eigenvalue weighted by Crippen LogP contribution is -2.45. The molecule has 0 bridgehead atoms. The van der Waals surface area contributed by atoms with E-state index in [9.17, 15) is 9.59 Å². The van der Waals surface area contributed by atoms with E-state index in [0.717, 1.165) is 37.8 Å². The first-order valence-electron chi connectivity index (χ1n) is 14.3. The molecule has 2 atom stereocenters. The quantitative estimate of drug-likeness (QED) is 0.382. The van der Waals surface area contributed by atoms with Crippen LogP contribution in [0.15, 0.2) is 36.7 Å². The highest BCUT2D eigenvalue weighted by molar-refractivity contribution is 5.96. The number of rotatable bonds is 9. The molecule has 11 nitrogen and oxygen atoms in total. The second kappa shape index (κ2) is 11.3. The van der Waals surface area contributed by atoms with Crippen LogP contribution in [0.5, 0.6) is 0 Å². The summed E-state index contributed by atoms with van der Waals surface area (Å²) in [5, 5.41) is 16.1. The summed E-state index contributed by atoms with van der Waals surface area (Å²) in [5.41, 5.74) is 8.35. The molecule has 3 fully saturated rings. The van der Waals surface area contributed by atoms with E-state index in [1.165, 1.54) is 18.4 Å². The summed E-state index contributed by atoms with van der Waals surface area (Å²) < 4.78 is 7.37. The monoisotopic (exact) mass is 544 g/mol. The summed E-state index contributed by atoms with van der Waals surface area (Å²) in [6.07, 6.45) is 10.2. The predicted molar refractivity (Wildman–Crippen MR) is 150 cm³/mol. The number of primary amides is 1. The maximum atomic E-state index is 13.2. The van der Waals surface area contributed by atoms with Crippen molar-refractivity contribution in [3.05, 3.63) is 53.5 Å². The Morgan fingerprint density at radius 1 is 1.07 bits per heavy atom. The first kappa shape index (κ1) is 26.4. The van der Waals surface area contributed by atoms with Crippen LogP contribution < -0.4 is 16.0 Å². The zero-order valence-corrected chi connectivity index (χ0v) is 22.8. The Hall–Kier alpha value is -3.86. The number of hydrogen-bond donors (Lipinski definition) is 2. The molecule has 0 spiro atoms. The van der Waals surface area contributed by atoms with E-state index < -0.39 is 5.91 Å². The van der Waals surface area contributed by atoms with Gasteiger partial charge in [0.25, 0.3) is 5.91 Å². The Balaban J connectivity index is 1.17. The summed E-state index contributed by atoms with van der Waals surface area (Å²) in [6, 6.07) is 8.43. The van der Waals surface area contributed by atoms with Gasteiger partial charge in [-0.25, -0.2) is 0 Å². The molecule has 1 saturated carbocycles. The normalized spacial score (nSPS) is 21.8. The van der Waals surface area contributed by atoms with Gasteiger partial charge in [-0.1, -0.05) is 24.3 Å². The topological polar surface area (TPSA) is 141 Å². The third kappa shape index (κ3) is 5.70. The molecule has 2 aromatic heterocycles. The number of amides is 1. The largest absolute Gasteiger partial charge is 0.381 e. The fourth-order valence-corrected chi connectivity index (χ4v) is 5.87. The lowest BCUT2D eigenvalue weighted by Gasteiger charge is -2.39. The molecule has 1 amide bonds. The summed E-state index contributed by atoms with van der Waals surface area (Å²) in [5.74, 6) is 0.917. The third-order valence-electron chi connectivity index (χ3n) is 8.47. The number of aromatic nitrogens is 5. The van der Waals surface area contributed by atoms with Crippen LogP contribution in [0.2, 0.25) is 0 Å². The second-order valence-corrected chi connectivity index (χ2v) is 11.2. The van der Waals surface area contributed by atoms with Crippen LogP contribution in [0.25, 0.3) is 0 Å². The van der Waals surface area contributed by atoms with Crippen molar-refractivity contribution in [1.29, 1.82) is 0 Å². The highest BCUT2D eigenvalue weighted by Gasteiger charge is 2.32. The molecule has 3 N–H and O–H groups in total. The highest BCUT2D eigenvalue weighted by atomic mass is 16.5. The van der Waals surface area contributed by atoms with Crippen LogP contribution >= 0.6 is 0 Å². The van der Waals surface area contributed by atoms with E-state index in [1.54, 1.807) is 6.20 Å². The molecule has 2 saturated heterocycles. The fraction of sp³-hybridized carbons (Fsp3) is 0.517. The van der Waals surface area contributed by atoms with Crippen LogP contribution in [0, 0.1) is 5.92 Å². The van der Waals surface area contributed by atoms with Gasteiger partial charge in [0.05, 0.1) is 17.9 Å². The Morgan fingerprint density at radius 3 is 2.58 bits per heavy atom. The van der Waals surface area contributed by atoms with Crippen LogP contribution in [0.1, 0.15) is 90.2 Å². The van der Waals surface area contributed by atoms with Crippen LogP contribution in [-0.4, -0.2) is 62.5 Å². The van der Waals surface area contributed by atoms with Crippen molar-refractivity contribution in [2.75, 3.05) is 30.0 Å². The number of nitrogens with two attached hydrogens (primary N) is 1. The first-order valence-corrected chi connectivity index (χ1v) is 14.3. The third-order valence-corrected chi connectivity index (χ3v) is 8.47. The molecule has 1 aliphatic carbocycles. The van der Waals surface area contributed by atoms with Gasteiger partial charge in [-0.15, -0.1) is 10.2 Å². The van der Waals surface area contributed by atoms with E-state index in [-0.39, 0.29) is 35.3 Å². The molecule has 1 aromatic carbocycles. The van der Waals surface area contributed by atoms with Gasteiger partial charge in [0.1, 0.15) is 0 Å². The summed E-state index contributed by atoms with van der Waals surface area (Å²) >= 11 is 0. The van der Waals surface area contributed by atoms with Gasteiger partial charge in [0.15, 0.2) is 17.3 Å². The lowest BCUT2D eigenvalue weighted by molar-refractivity contribution is 0.0662. The number of ketones is 1. The number of Topliss-reactive ketones (excluding diaryl/α,β-unsaturated/α-hetero) is 1. The van der Waals surface area contributed by atoms with Gasteiger partial charge in [0, 0.05) is 44.0 Å². The number of piperidine rings is 1. The van der Waals surface area contributed by atoms with Crippen molar-refractivity contribution >= 4 is 29.1 Å². The summed E-state index contributed by atoms with van der Waals surface area (Å²) in [7, 11) is 0. The van der Waals surface area contributed by atoms with Crippen LogP contribution in [-0.2, 0) is 4.74 Å². The average molecular weight is 545 g/mol. The Morgan fingerprint density at radius 2 is 1.85 bits per heavy atom. The molecule has 6 rings (SSSR count). The van der Waals surface area contributed by atoms with Crippen LogP contribution in [0.4, 0.5) is 17.5 Å². The van der Waals surface area contributed by atoms with Crippen molar-refractivity contribution in [3.63, 3.8) is 0 Å². The van der Waals surface area contributed by atoms with Gasteiger partial charge in [-0.3, -0.25) is 14.3 Å². The minimum absolute atomic E-state index is 0.0220. The van der Waals surface area contributed by atoms with Gasteiger partial charge in [0.2, 0.25) is 5.95 Å².